The standard InChI is InChI=1S/C37H38Cl3N3O6S/c1-48-34-20-19-29(22-35(34)49-2)50(46,47)43(28-17-15-26(38)16-18-28)24-36(44)42(23-30-31(39)13-8-14-32(30)40)33(21-25-9-4-3-5-10-25)37(45)41-27-11-6-7-12-27/h3-5,8-10,13-20,22,27,33H,6-7,11-12,21,23-24H2,1-2H3,(H,41,45)/t33-/m0/s1. The van der Waals surface area contributed by atoms with Crippen molar-refractivity contribution in [1.29, 1.82) is 0 Å². The van der Waals surface area contributed by atoms with Crippen LogP contribution in [0.2, 0.25) is 15.1 Å². The molecule has 0 aromatic heterocycles. The number of methoxy groups -OCH3 is 2. The summed E-state index contributed by atoms with van der Waals surface area (Å²) < 4.78 is 40.6. The second-order valence-electron chi connectivity index (χ2n) is 11.9. The molecule has 1 saturated carbocycles. The lowest BCUT2D eigenvalue weighted by Crippen LogP contribution is -2.54. The first-order chi connectivity index (χ1) is 24.0. The van der Waals surface area contributed by atoms with Gasteiger partial charge in [-0.2, -0.15) is 0 Å². The van der Waals surface area contributed by atoms with E-state index in [-0.39, 0.29) is 41.2 Å². The number of sulfonamides is 1. The summed E-state index contributed by atoms with van der Waals surface area (Å²) >= 11 is 19.4. The molecule has 5 rings (SSSR count). The number of hydrogen-bond acceptors (Lipinski definition) is 6. The second kappa shape index (κ2) is 16.8. The molecule has 0 heterocycles. The van der Waals surface area contributed by atoms with E-state index in [0.29, 0.717) is 26.4 Å². The molecular weight excluding hydrogens is 721 g/mol. The summed E-state index contributed by atoms with van der Waals surface area (Å²) in [5, 5.41) is 4.14. The Kier molecular flexibility index (Phi) is 12.6. The van der Waals surface area contributed by atoms with Gasteiger partial charge in [-0.1, -0.05) is 84.0 Å². The molecule has 9 nitrogen and oxygen atoms in total. The minimum absolute atomic E-state index is 0.0300. The predicted molar refractivity (Wildman–Crippen MR) is 197 cm³/mol. The lowest BCUT2D eigenvalue weighted by Gasteiger charge is -2.34. The van der Waals surface area contributed by atoms with Gasteiger partial charge in [-0.15, -0.1) is 0 Å². The molecule has 13 heteroatoms. The van der Waals surface area contributed by atoms with Crippen LogP contribution in [0.5, 0.6) is 11.5 Å². The van der Waals surface area contributed by atoms with Crippen LogP contribution in [0.4, 0.5) is 5.69 Å². The molecule has 264 valence electrons. The topological polar surface area (TPSA) is 105 Å². The number of anilines is 1. The van der Waals surface area contributed by atoms with Gasteiger partial charge >= 0.3 is 0 Å². The molecule has 0 radical (unpaired) electrons. The lowest BCUT2D eigenvalue weighted by atomic mass is 10.0. The fourth-order valence-corrected chi connectivity index (χ4v) is 8.09. The van der Waals surface area contributed by atoms with Gasteiger partial charge in [0.25, 0.3) is 10.0 Å². The van der Waals surface area contributed by atoms with Crippen LogP contribution in [0.15, 0.2) is 95.9 Å². The smallest absolute Gasteiger partial charge is 0.264 e. The number of rotatable bonds is 14. The van der Waals surface area contributed by atoms with E-state index in [1.54, 1.807) is 18.2 Å². The van der Waals surface area contributed by atoms with Crippen molar-refractivity contribution in [2.75, 3.05) is 25.1 Å². The summed E-state index contributed by atoms with van der Waals surface area (Å²) in [6.45, 7) is -0.819. The van der Waals surface area contributed by atoms with Gasteiger partial charge in [0.2, 0.25) is 11.8 Å². The van der Waals surface area contributed by atoms with E-state index in [2.05, 4.69) is 5.32 Å². The van der Waals surface area contributed by atoms with Crippen molar-refractivity contribution >= 4 is 62.3 Å². The molecule has 1 N–H and O–H groups in total. The first-order valence-corrected chi connectivity index (χ1v) is 18.7. The Hall–Kier alpha value is -3.96. The maximum atomic E-state index is 14.8. The highest BCUT2D eigenvalue weighted by molar-refractivity contribution is 7.92. The van der Waals surface area contributed by atoms with Gasteiger partial charge in [-0.05, 0) is 66.9 Å². The Morgan fingerprint density at radius 1 is 0.840 bits per heavy atom. The van der Waals surface area contributed by atoms with Crippen LogP contribution in [0, 0.1) is 0 Å². The van der Waals surface area contributed by atoms with Gasteiger partial charge in [0.05, 0.1) is 24.8 Å². The predicted octanol–water partition coefficient (Wildman–Crippen LogP) is 7.56. The van der Waals surface area contributed by atoms with Crippen LogP contribution in [-0.4, -0.2) is 58.0 Å². The minimum Gasteiger partial charge on any atom is -0.493 e. The van der Waals surface area contributed by atoms with Gasteiger partial charge in [-0.3, -0.25) is 13.9 Å². The molecule has 0 unspecified atom stereocenters. The van der Waals surface area contributed by atoms with E-state index in [1.807, 2.05) is 30.3 Å². The van der Waals surface area contributed by atoms with Crippen molar-refractivity contribution in [3.63, 3.8) is 0 Å². The maximum absolute atomic E-state index is 14.8. The third-order valence-corrected chi connectivity index (χ3v) is 11.4. The van der Waals surface area contributed by atoms with Crippen molar-refractivity contribution in [3.8, 4) is 11.5 Å². The molecule has 4 aromatic rings. The molecule has 0 aliphatic heterocycles. The number of ether oxygens (including phenoxy) is 2. The molecule has 0 saturated heterocycles. The number of halogens is 3. The van der Waals surface area contributed by atoms with Crippen LogP contribution >= 0.6 is 34.8 Å². The van der Waals surface area contributed by atoms with Crippen LogP contribution < -0.4 is 19.1 Å². The van der Waals surface area contributed by atoms with Gasteiger partial charge in [-0.25, -0.2) is 8.42 Å². The van der Waals surface area contributed by atoms with Gasteiger partial charge < -0.3 is 19.7 Å². The number of nitrogens with zero attached hydrogens (tertiary/aromatic N) is 2. The Morgan fingerprint density at radius 3 is 2.10 bits per heavy atom. The Balaban J connectivity index is 1.61. The van der Waals surface area contributed by atoms with Gasteiger partial charge in [0, 0.05) is 45.7 Å². The fourth-order valence-electron chi connectivity index (χ4n) is 6.02. The number of nitrogens with one attached hydrogen (secondary N) is 1. The Labute approximate surface area is 308 Å². The summed E-state index contributed by atoms with van der Waals surface area (Å²) in [6, 6.07) is 23.5. The van der Waals surface area contributed by atoms with Crippen LogP contribution in [0.25, 0.3) is 0 Å². The van der Waals surface area contributed by atoms with Crippen molar-refractivity contribution in [1.82, 2.24) is 10.2 Å². The van der Waals surface area contributed by atoms with E-state index in [4.69, 9.17) is 44.3 Å². The monoisotopic (exact) mass is 757 g/mol. The summed E-state index contributed by atoms with van der Waals surface area (Å²) in [5.41, 5.74) is 1.43. The number of hydrogen-bond donors (Lipinski definition) is 1. The highest BCUT2D eigenvalue weighted by atomic mass is 35.5. The quantitative estimate of drug-likeness (QED) is 0.142. The molecule has 1 aliphatic rings. The average molecular weight is 759 g/mol. The van der Waals surface area contributed by atoms with Crippen LogP contribution in [0.3, 0.4) is 0 Å². The Morgan fingerprint density at radius 2 is 1.48 bits per heavy atom. The molecule has 0 bridgehead atoms. The van der Waals surface area contributed by atoms with E-state index in [1.165, 1.54) is 61.6 Å². The average Bonchev–Trinajstić information content (AvgIpc) is 3.63. The number of benzene rings is 4. The van der Waals surface area contributed by atoms with Crippen LogP contribution in [0.1, 0.15) is 36.8 Å². The fraction of sp³-hybridized carbons (Fsp3) is 0.297. The first kappa shape index (κ1) is 37.3. The molecule has 1 atom stereocenters. The molecule has 1 aliphatic carbocycles. The van der Waals surface area contributed by atoms with Crippen LogP contribution in [-0.2, 0) is 32.6 Å². The van der Waals surface area contributed by atoms with Crippen molar-refractivity contribution in [2.45, 2.75) is 55.6 Å². The van der Waals surface area contributed by atoms with E-state index >= 15 is 0 Å². The third kappa shape index (κ3) is 8.84. The Bertz CT molecular complexity index is 1890. The zero-order valence-electron chi connectivity index (χ0n) is 27.7. The molecule has 4 aromatic carbocycles. The maximum Gasteiger partial charge on any atom is 0.264 e. The highest BCUT2D eigenvalue weighted by Gasteiger charge is 2.36. The zero-order chi connectivity index (χ0) is 35.8. The van der Waals surface area contributed by atoms with E-state index in [0.717, 1.165) is 35.6 Å². The summed E-state index contributed by atoms with van der Waals surface area (Å²) in [6.07, 6.45) is 3.83. The third-order valence-electron chi connectivity index (χ3n) is 8.70. The number of amides is 2. The van der Waals surface area contributed by atoms with E-state index in [9.17, 15) is 18.0 Å². The molecule has 0 spiro atoms. The SMILES string of the molecule is COc1ccc(S(=O)(=O)N(CC(=O)N(Cc2c(Cl)cccc2Cl)[C@@H](Cc2ccccc2)C(=O)NC2CCCC2)c2ccc(Cl)cc2)cc1OC. The molecular formula is C37H38Cl3N3O6S. The summed E-state index contributed by atoms with van der Waals surface area (Å²) in [7, 11) is -1.57. The first-order valence-electron chi connectivity index (χ1n) is 16.1. The number of carbonyl (C=O) groups excluding carboxylic acids is 2. The van der Waals surface area contributed by atoms with E-state index < -0.39 is 28.5 Å². The van der Waals surface area contributed by atoms with Crippen molar-refractivity contribution in [3.05, 3.63) is 117 Å². The zero-order valence-corrected chi connectivity index (χ0v) is 30.7. The highest BCUT2D eigenvalue weighted by Crippen LogP contribution is 2.33. The van der Waals surface area contributed by atoms with Crippen molar-refractivity contribution in [2.24, 2.45) is 0 Å². The largest absolute Gasteiger partial charge is 0.493 e. The van der Waals surface area contributed by atoms with Gasteiger partial charge in [0.1, 0.15) is 12.6 Å². The summed E-state index contributed by atoms with van der Waals surface area (Å²) in [5.74, 6) is -0.474. The molecule has 50 heavy (non-hydrogen) atoms. The van der Waals surface area contributed by atoms with Gasteiger partial charge in [0.15, 0.2) is 11.5 Å². The van der Waals surface area contributed by atoms with Crippen molar-refractivity contribution < 1.29 is 27.5 Å². The second-order valence-corrected chi connectivity index (χ2v) is 15.0. The normalized spacial score (nSPS) is 13.8. The minimum atomic E-state index is -4.41. The molecule has 1 fully saturated rings. The summed E-state index contributed by atoms with van der Waals surface area (Å²) in [4.78, 5) is 30.2. The molecule has 2 amide bonds. The lowest BCUT2D eigenvalue weighted by molar-refractivity contribution is -0.140. The number of carbonyl (C=O) groups is 2.